The molecule has 1 N–H and O–H groups in total. The normalized spacial score (nSPS) is 16.4. The topological polar surface area (TPSA) is 54.4 Å². The minimum absolute atomic E-state index is 0.0529. The number of hydrogen-bond acceptors (Lipinski definition) is 3. The molecule has 0 heterocycles. The summed E-state index contributed by atoms with van der Waals surface area (Å²) >= 11 is 0. The van der Waals surface area contributed by atoms with E-state index in [0.29, 0.717) is 17.2 Å². The van der Waals surface area contributed by atoms with Gasteiger partial charge in [-0.05, 0) is 48.4 Å². The lowest BCUT2D eigenvalue weighted by atomic mass is 10.1. The van der Waals surface area contributed by atoms with E-state index in [1.165, 1.54) is 6.26 Å². The fraction of sp³-hybridized carbons (Fsp3) is 0.500. The summed E-state index contributed by atoms with van der Waals surface area (Å²) in [5.74, 6) is 0.527. The van der Waals surface area contributed by atoms with Crippen LogP contribution in [0.2, 0.25) is 0 Å². The van der Waals surface area contributed by atoms with Crippen LogP contribution in [-0.4, -0.2) is 26.4 Å². The van der Waals surface area contributed by atoms with Crippen molar-refractivity contribution in [1.29, 1.82) is 0 Å². The molecule has 0 saturated heterocycles. The van der Waals surface area contributed by atoms with Crippen LogP contribution < -0.4 is 0 Å². The lowest BCUT2D eigenvalue weighted by Gasteiger charge is -2.07. The quantitative estimate of drug-likeness (QED) is 0.867. The zero-order chi connectivity index (χ0) is 11.8. The van der Waals surface area contributed by atoms with Crippen molar-refractivity contribution in [3.8, 4) is 0 Å². The van der Waals surface area contributed by atoms with Crippen LogP contribution in [0.3, 0.4) is 0 Å². The smallest absolute Gasteiger partial charge is 0.175 e. The predicted octanol–water partition coefficient (Wildman–Crippen LogP) is 1.50. The Morgan fingerprint density at radius 3 is 2.50 bits per heavy atom. The first-order chi connectivity index (χ1) is 7.50. The maximum absolute atomic E-state index is 11.5. The molecule has 0 amide bonds. The van der Waals surface area contributed by atoms with Gasteiger partial charge in [-0.2, -0.15) is 0 Å². The van der Waals surface area contributed by atoms with Crippen molar-refractivity contribution in [1.82, 2.24) is 0 Å². The first-order valence-electron chi connectivity index (χ1n) is 5.45. The van der Waals surface area contributed by atoms with E-state index in [2.05, 4.69) is 0 Å². The molecule has 16 heavy (non-hydrogen) atoms. The predicted molar refractivity (Wildman–Crippen MR) is 62.3 cm³/mol. The third kappa shape index (κ3) is 2.62. The lowest BCUT2D eigenvalue weighted by Crippen LogP contribution is -2.01. The number of sulfone groups is 1. The van der Waals surface area contributed by atoms with Crippen molar-refractivity contribution in [3.63, 3.8) is 0 Å². The van der Waals surface area contributed by atoms with Crippen molar-refractivity contribution in [2.45, 2.75) is 30.1 Å². The monoisotopic (exact) mass is 240 g/mol. The molecule has 1 aliphatic rings. The van der Waals surface area contributed by atoms with Crippen molar-refractivity contribution < 1.29 is 13.5 Å². The number of aliphatic hydroxyl groups excluding tert-OH is 1. The Kier molecular flexibility index (Phi) is 3.04. The fourth-order valence-electron chi connectivity index (χ4n) is 1.83. The average molecular weight is 240 g/mol. The van der Waals surface area contributed by atoms with Crippen LogP contribution in [0.4, 0.5) is 0 Å². The maximum atomic E-state index is 11.5. The largest absolute Gasteiger partial charge is 0.396 e. The highest BCUT2D eigenvalue weighted by Gasteiger charge is 2.25. The second-order valence-corrected chi connectivity index (χ2v) is 6.45. The van der Waals surface area contributed by atoms with Gasteiger partial charge in [0.15, 0.2) is 9.84 Å². The van der Waals surface area contributed by atoms with Crippen molar-refractivity contribution in [2.24, 2.45) is 0 Å². The molecule has 0 spiro atoms. The van der Waals surface area contributed by atoms with Gasteiger partial charge >= 0.3 is 0 Å². The lowest BCUT2D eigenvalue weighted by molar-refractivity contribution is 0.299. The third-order valence-corrected chi connectivity index (χ3v) is 3.96. The Labute approximate surface area is 96.0 Å². The van der Waals surface area contributed by atoms with Crippen LogP contribution in [0.1, 0.15) is 29.9 Å². The van der Waals surface area contributed by atoms with E-state index in [-0.39, 0.29) is 6.61 Å². The summed E-state index contributed by atoms with van der Waals surface area (Å²) in [6.45, 7) is 0.0529. The second-order valence-electron chi connectivity index (χ2n) is 4.43. The Hall–Kier alpha value is -0.870. The van der Waals surface area contributed by atoms with Crippen LogP contribution >= 0.6 is 0 Å². The van der Waals surface area contributed by atoms with Gasteiger partial charge in [-0.3, -0.25) is 0 Å². The molecule has 0 bridgehead atoms. The second kappa shape index (κ2) is 4.18. The van der Waals surface area contributed by atoms with E-state index >= 15 is 0 Å². The van der Waals surface area contributed by atoms with Gasteiger partial charge in [0, 0.05) is 12.9 Å². The SMILES string of the molecule is CS(=O)(=O)c1cc(CCO)cc(C2CC2)c1. The minimum atomic E-state index is -3.15. The van der Waals surface area contributed by atoms with E-state index in [1.54, 1.807) is 12.1 Å². The van der Waals surface area contributed by atoms with E-state index in [0.717, 1.165) is 24.0 Å². The molecule has 0 atom stereocenters. The molecule has 1 aliphatic carbocycles. The van der Waals surface area contributed by atoms with Crippen LogP contribution in [0.25, 0.3) is 0 Å². The van der Waals surface area contributed by atoms with Gasteiger partial charge in [0.05, 0.1) is 4.90 Å². The number of rotatable bonds is 4. The van der Waals surface area contributed by atoms with Gasteiger partial charge in [0.2, 0.25) is 0 Å². The molecule has 4 heteroatoms. The Morgan fingerprint density at radius 2 is 2.00 bits per heavy atom. The molecule has 0 radical (unpaired) electrons. The maximum Gasteiger partial charge on any atom is 0.175 e. The summed E-state index contributed by atoms with van der Waals surface area (Å²) < 4.78 is 23.0. The van der Waals surface area contributed by atoms with Crippen molar-refractivity contribution in [3.05, 3.63) is 29.3 Å². The Balaban J connectivity index is 2.44. The average Bonchev–Trinajstić information content (AvgIpc) is 2.99. The molecule has 1 fully saturated rings. The summed E-state index contributed by atoms with van der Waals surface area (Å²) in [4.78, 5) is 0.375. The highest BCUT2D eigenvalue weighted by Crippen LogP contribution is 2.41. The zero-order valence-corrected chi connectivity index (χ0v) is 10.1. The summed E-state index contributed by atoms with van der Waals surface area (Å²) in [5.41, 5.74) is 2.01. The number of benzene rings is 1. The first kappa shape index (κ1) is 11.6. The van der Waals surface area contributed by atoms with Crippen molar-refractivity contribution in [2.75, 3.05) is 12.9 Å². The van der Waals surface area contributed by atoms with E-state index in [1.807, 2.05) is 6.07 Å². The van der Waals surface area contributed by atoms with Crippen LogP contribution in [0, 0.1) is 0 Å². The highest BCUT2D eigenvalue weighted by atomic mass is 32.2. The number of hydrogen-bond donors (Lipinski definition) is 1. The van der Waals surface area contributed by atoms with E-state index in [9.17, 15) is 8.42 Å². The molecule has 88 valence electrons. The Morgan fingerprint density at radius 1 is 1.31 bits per heavy atom. The molecule has 0 aliphatic heterocycles. The number of aliphatic hydroxyl groups is 1. The van der Waals surface area contributed by atoms with Gasteiger partial charge < -0.3 is 5.11 Å². The molecule has 1 aromatic carbocycles. The van der Waals surface area contributed by atoms with E-state index in [4.69, 9.17) is 5.11 Å². The summed E-state index contributed by atoms with van der Waals surface area (Å²) in [5, 5.41) is 8.91. The van der Waals surface area contributed by atoms with Gasteiger partial charge in [0.25, 0.3) is 0 Å². The molecule has 1 aromatic rings. The summed E-state index contributed by atoms with van der Waals surface area (Å²) in [6.07, 6.45) is 4.03. The van der Waals surface area contributed by atoms with Crippen LogP contribution in [0.15, 0.2) is 23.1 Å². The van der Waals surface area contributed by atoms with Gasteiger partial charge in [0.1, 0.15) is 0 Å². The van der Waals surface area contributed by atoms with Crippen LogP contribution in [0.5, 0.6) is 0 Å². The standard InChI is InChI=1S/C12H16O3S/c1-16(14,15)12-7-9(4-5-13)6-11(8-12)10-2-3-10/h6-8,10,13H,2-5H2,1H3. The molecule has 0 aromatic heterocycles. The summed E-state index contributed by atoms with van der Waals surface area (Å²) in [7, 11) is -3.15. The molecule has 0 unspecified atom stereocenters. The Bertz CT molecular complexity index is 487. The molecular weight excluding hydrogens is 224 g/mol. The minimum Gasteiger partial charge on any atom is -0.396 e. The molecule has 3 nitrogen and oxygen atoms in total. The van der Waals surface area contributed by atoms with Crippen LogP contribution in [-0.2, 0) is 16.3 Å². The first-order valence-corrected chi connectivity index (χ1v) is 7.34. The highest BCUT2D eigenvalue weighted by molar-refractivity contribution is 7.90. The third-order valence-electron chi connectivity index (χ3n) is 2.87. The molecular formula is C12H16O3S. The van der Waals surface area contributed by atoms with Gasteiger partial charge in [-0.1, -0.05) is 6.07 Å². The van der Waals surface area contributed by atoms with Crippen molar-refractivity contribution >= 4 is 9.84 Å². The van der Waals surface area contributed by atoms with Gasteiger partial charge in [-0.25, -0.2) is 8.42 Å². The zero-order valence-electron chi connectivity index (χ0n) is 9.31. The fourth-order valence-corrected chi connectivity index (χ4v) is 2.54. The van der Waals surface area contributed by atoms with E-state index < -0.39 is 9.84 Å². The summed E-state index contributed by atoms with van der Waals surface area (Å²) in [6, 6.07) is 5.45. The molecule has 1 saturated carbocycles. The van der Waals surface area contributed by atoms with Gasteiger partial charge in [-0.15, -0.1) is 0 Å². The molecule has 2 rings (SSSR count).